The number of piperazine rings is 1. The van der Waals surface area contributed by atoms with Crippen molar-refractivity contribution < 1.29 is 9.13 Å². The highest BCUT2D eigenvalue weighted by Gasteiger charge is 2.27. The number of hydrogen-bond acceptors (Lipinski definition) is 10. The molecule has 2 N–H and O–H groups in total. The Kier molecular flexibility index (Phi) is 9.11. The van der Waals surface area contributed by atoms with E-state index in [1.165, 1.54) is 0 Å². The summed E-state index contributed by atoms with van der Waals surface area (Å²) < 4.78 is 22.2. The number of anilines is 5. The van der Waals surface area contributed by atoms with E-state index in [-0.39, 0.29) is 6.04 Å². The van der Waals surface area contributed by atoms with Gasteiger partial charge in [0.25, 0.3) is 0 Å². The number of aromatic nitrogens is 6. The molecule has 45 heavy (non-hydrogen) atoms. The van der Waals surface area contributed by atoms with Gasteiger partial charge in [-0.1, -0.05) is 7.92 Å². The van der Waals surface area contributed by atoms with Crippen molar-refractivity contribution in [2.75, 3.05) is 69.3 Å². The van der Waals surface area contributed by atoms with Gasteiger partial charge in [-0.05, 0) is 54.5 Å². The zero-order valence-corrected chi connectivity index (χ0v) is 28.3. The molecule has 1 aliphatic rings. The van der Waals surface area contributed by atoms with Crippen molar-refractivity contribution in [3.8, 4) is 16.9 Å². The van der Waals surface area contributed by atoms with Gasteiger partial charge in [0.1, 0.15) is 18.2 Å². The third-order valence-corrected chi connectivity index (χ3v) is 9.86. The smallest absolute Gasteiger partial charge is 0.229 e. The lowest BCUT2D eigenvalue weighted by molar-refractivity contribution is 0.183. The average Bonchev–Trinajstić information content (AvgIpc) is 3.48. The predicted molar refractivity (Wildman–Crippen MR) is 184 cm³/mol. The molecule has 1 saturated heterocycles. The van der Waals surface area contributed by atoms with E-state index in [0.29, 0.717) is 34.2 Å². The van der Waals surface area contributed by atoms with Crippen LogP contribution in [0.2, 0.25) is 0 Å². The molecule has 234 valence electrons. The molecular weight excluding hydrogens is 658 g/mol. The van der Waals surface area contributed by atoms with Crippen molar-refractivity contribution in [2.24, 2.45) is 7.05 Å². The molecule has 3 aromatic heterocycles. The summed E-state index contributed by atoms with van der Waals surface area (Å²) in [5.41, 5.74) is 6.20. The summed E-state index contributed by atoms with van der Waals surface area (Å²) in [6.07, 6.45) is 8.94. The summed E-state index contributed by atoms with van der Waals surface area (Å²) in [7, 11) is 4.99. The van der Waals surface area contributed by atoms with Gasteiger partial charge >= 0.3 is 0 Å². The number of nitrogens with one attached hydrogen (secondary N) is 2. The van der Waals surface area contributed by atoms with Crippen molar-refractivity contribution in [1.29, 1.82) is 0 Å². The third kappa shape index (κ3) is 6.43. The van der Waals surface area contributed by atoms with Crippen LogP contribution in [0.1, 0.15) is 0 Å². The number of likely N-dealkylation sites (N-methyl/N-ethyl adjacent to an activating group) is 1. The second kappa shape index (κ2) is 13.2. The third-order valence-electron chi connectivity index (χ3n) is 7.93. The average molecular weight is 694 g/mol. The van der Waals surface area contributed by atoms with Crippen LogP contribution < -0.4 is 25.6 Å². The van der Waals surface area contributed by atoms with E-state index < -0.39 is 14.6 Å². The van der Waals surface area contributed by atoms with Gasteiger partial charge in [-0.3, -0.25) is 19.5 Å². The minimum absolute atomic E-state index is 0.182. The maximum atomic E-state index is 13.9. The SMILES string of the molecule is COc1cc(N2CCN(C)C(CF)C2)c(-c2cnn(C)c2)cc1Nc1ncc(Br)c(Nc2ccc3nccnc3c2P(C)C)n1. The van der Waals surface area contributed by atoms with Crippen LogP contribution in [0.25, 0.3) is 22.2 Å². The maximum absolute atomic E-state index is 13.9. The Morgan fingerprint density at radius 1 is 1.04 bits per heavy atom. The molecule has 5 aromatic rings. The van der Waals surface area contributed by atoms with Gasteiger partial charge in [0.2, 0.25) is 5.95 Å². The topological polar surface area (TPSA) is 109 Å². The number of aryl methyl sites for hydroxylation is 1. The fourth-order valence-electron chi connectivity index (χ4n) is 5.56. The van der Waals surface area contributed by atoms with E-state index in [9.17, 15) is 4.39 Å². The molecule has 1 unspecified atom stereocenters. The quantitative estimate of drug-likeness (QED) is 0.191. The maximum Gasteiger partial charge on any atom is 0.229 e. The van der Waals surface area contributed by atoms with Gasteiger partial charge in [-0.15, -0.1) is 0 Å². The number of nitrogens with zero attached hydrogens (tertiary/aromatic N) is 8. The number of hydrogen-bond donors (Lipinski definition) is 2. The number of fused-ring (bicyclic) bond motifs is 1. The van der Waals surface area contributed by atoms with Crippen LogP contribution in [0.15, 0.2) is 59.7 Å². The van der Waals surface area contributed by atoms with Gasteiger partial charge in [0.05, 0.1) is 40.5 Å². The largest absolute Gasteiger partial charge is 0.494 e. The first-order valence-corrected chi connectivity index (χ1v) is 17.5. The Labute approximate surface area is 271 Å². The molecular formula is C31H35BrFN10OP. The van der Waals surface area contributed by atoms with Crippen LogP contribution in [0.4, 0.5) is 33.2 Å². The summed E-state index contributed by atoms with van der Waals surface area (Å²) in [6, 6.07) is 7.82. The Hall–Kier alpha value is -3.93. The standard InChI is InChI=1S/C31H35BrFN10OP/c1-41-10-11-43(18-20(41)14-33)26-13-27(44-3)25(12-21(26)19-15-37-42(2)17-19)39-31-36-16-22(32)30(40-31)38-24-7-6-23-28(29(24)45(4)5)35-9-8-34-23/h6-9,12-13,15-17,20H,10-11,14,18H2,1-5H3,(H2,36,38,39,40). The van der Waals surface area contributed by atoms with Crippen LogP contribution in [0.5, 0.6) is 5.75 Å². The second-order valence-corrected chi connectivity index (χ2v) is 14.2. The molecule has 2 aromatic carbocycles. The highest BCUT2D eigenvalue weighted by atomic mass is 79.9. The lowest BCUT2D eigenvalue weighted by Gasteiger charge is -2.40. The molecule has 1 fully saturated rings. The van der Waals surface area contributed by atoms with E-state index in [2.05, 4.69) is 69.7 Å². The molecule has 1 aliphatic heterocycles. The van der Waals surface area contributed by atoms with Gasteiger partial charge in [0.15, 0.2) is 0 Å². The Balaban J connectivity index is 1.36. The first-order chi connectivity index (χ1) is 21.7. The normalized spacial score (nSPS) is 15.6. The van der Waals surface area contributed by atoms with E-state index in [0.717, 1.165) is 51.9 Å². The summed E-state index contributed by atoms with van der Waals surface area (Å²) in [6.45, 7) is 6.08. The fraction of sp³-hybridized carbons (Fsp3) is 0.323. The first-order valence-electron chi connectivity index (χ1n) is 14.5. The summed E-state index contributed by atoms with van der Waals surface area (Å²) in [5, 5.41) is 12.4. The lowest BCUT2D eigenvalue weighted by Crippen LogP contribution is -2.52. The highest BCUT2D eigenvalue weighted by Crippen LogP contribution is 2.41. The molecule has 6 rings (SSSR count). The summed E-state index contributed by atoms with van der Waals surface area (Å²) >= 11 is 3.62. The molecule has 1 atom stereocenters. The molecule has 14 heteroatoms. The minimum Gasteiger partial charge on any atom is -0.494 e. The molecule has 4 heterocycles. The van der Waals surface area contributed by atoms with Gasteiger partial charge in [0, 0.05) is 85.3 Å². The molecule has 0 amide bonds. The number of benzene rings is 2. The number of alkyl halides is 1. The molecule has 0 radical (unpaired) electrons. The minimum atomic E-state index is -0.506. The highest BCUT2D eigenvalue weighted by molar-refractivity contribution is 9.10. The van der Waals surface area contributed by atoms with Crippen LogP contribution in [0, 0.1) is 0 Å². The van der Waals surface area contributed by atoms with Crippen molar-refractivity contribution in [3.05, 3.63) is 59.7 Å². The van der Waals surface area contributed by atoms with Crippen molar-refractivity contribution in [2.45, 2.75) is 6.04 Å². The zero-order chi connectivity index (χ0) is 31.7. The zero-order valence-electron chi connectivity index (χ0n) is 25.8. The summed E-state index contributed by atoms with van der Waals surface area (Å²) in [4.78, 5) is 22.8. The molecule has 0 spiro atoms. The van der Waals surface area contributed by atoms with Gasteiger partial charge in [-0.25, -0.2) is 9.37 Å². The van der Waals surface area contributed by atoms with Crippen molar-refractivity contribution >= 4 is 69.0 Å². The van der Waals surface area contributed by atoms with Crippen molar-refractivity contribution in [1.82, 2.24) is 34.6 Å². The Morgan fingerprint density at radius 3 is 2.60 bits per heavy atom. The summed E-state index contributed by atoms with van der Waals surface area (Å²) in [5.74, 6) is 1.61. The van der Waals surface area contributed by atoms with Gasteiger partial charge in [-0.2, -0.15) is 10.1 Å². The Morgan fingerprint density at radius 2 is 1.87 bits per heavy atom. The molecule has 11 nitrogen and oxygen atoms in total. The van der Waals surface area contributed by atoms with E-state index in [1.54, 1.807) is 30.4 Å². The van der Waals surface area contributed by atoms with E-state index in [4.69, 9.17) is 9.72 Å². The molecule has 0 aliphatic carbocycles. The predicted octanol–water partition coefficient (Wildman–Crippen LogP) is 5.54. The first kappa shape index (κ1) is 31.1. The van der Waals surface area contributed by atoms with E-state index >= 15 is 0 Å². The number of halogens is 2. The fourth-order valence-corrected chi connectivity index (χ4v) is 7.06. The molecule has 0 bridgehead atoms. The van der Waals surface area contributed by atoms with Crippen LogP contribution in [-0.4, -0.2) is 94.5 Å². The number of ether oxygens (including phenoxy) is 1. The van der Waals surface area contributed by atoms with Gasteiger partial charge < -0.3 is 20.3 Å². The monoisotopic (exact) mass is 692 g/mol. The van der Waals surface area contributed by atoms with Crippen LogP contribution in [0.3, 0.4) is 0 Å². The number of methoxy groups -OCH3 is 1. The molecule has 0 saturated carbocycles. The number of rotatable bonds is 9. The van der Waals surface area contributed by atoms with E-state index in [1.807, 2.05) is 50.8 Å². The van der Waals surface area contributed by atoms with Crippen LogP contribution in [-0.2, 0) is 7.05 Å². The van der Waals surface area contributed by atoms with Crippen LogP contribution >= 0.6 is 23.9 Å². The second-order valence-electron chi connectivity index (χ2n) is 11.1. The Bertz CT molecular complexity index is 1840. The lowest BCUT2D eigenvalue weighted by atomic mass is 10.0. The van der Waals surface area contributed by atoms with Crippen molar-refractivity contribution in [3.63, 3.8) is 0 Å².